The van der Waals surface area contributed by atoms with E-state index in [1.807, 2.05) is 6.92 Å². The molecule has 0 spiro atoms. The molecule has 1 aromatic rings. The van der Waals surface area contributed by atoms with E-state index >= 15 is 0 Å². The summed E-state index contributed by atoms with van der Waals surface area (Å²) < 4.78 is 11.7. The molecule has 1 saturated heterocycles. The maximum Gasteiger partial charge on any atom is 0.307 e. The fourth-order valence-corrected chi connectivity index (χ4v) is 4.92. The number of aliphatic carboxylic acids is 1. The molecule has 6 nitrogen and oxygen atoms in total. The van der Waals surface area contributed by atoms with Crippen molar-refractivity contribution in [1.29, 1.82) is 0 Å². The van der Waals surface area contributed by atoms with Crippen LogP contribution in [0.3, 0.4) is 0 Å². The van der Waals surface area contributed by atoms with Crippen LogP contribution in [0.1, 0.15) is 51.5 Å². The van der Waals surface area contributed by atoms with Crippen molar-refractivity contribution in [2.45, 2.75) is 64.8 Å². The van der Waals surface area contributed by atoms with E-state index in [1.54, 1.807) is 6.07 Å². The number of phenols is 1. The number of fused-ring (bicyclic) bond motifs is 1. The van der Waals surface area contributed by atoms with Crippen LogP contribution in [-0.2, 0) is 16.0 Å². The van der Waals surface area contributed by atoms with Crippen LogP contribution in [0, 0.1) is 23.7 Å². The molecule has 1 aliphatic heterocycles. The van der Waals surface area contributed by atoms with Crippen LogP contribution in [0.15, 0.2) is 18.2 Å². The molecule has 2 aliphatic rings. The molecule has 1 aromatic carbocycles. The average molecular weight is 392 g/mol. The van der Waals surface area contributed by atoms with Gasteiger partial charge in [0.1, 0.15) is 11.5 Å². The molecular formula is C22H32O6. The maximum absolute atomic E-state index is 10.9. The summed E-state index contributed by atoms with van der Waals surface area (Å²) in [5, 5.41) is 29.5. The van der Waals surface area contributed by atoms with Gasteiger partial charge in [-0.25, -0.2) is 0 Å². The molecule has 0 aromatic heterocycles. The second-order valence-electron chi connectivity index (χ2n) is 8.51. The first kappa shape index (κ1) is 20.9. The van der Waals surface area contributed by atoms with Crippen LogP contribution in [0.5, 0.6) is 11.5 Å². The average Bonchev–Trinajstić information content (AvgIpc) is 2.81. The molecule has 156 valence electrons. The Balaban J connectivity index is 1.69. The number of aromatic hydroxyl groups is 1. The number of hydrogen-bond donors (Lipinski definition) is 3. The zero-order chi connectivity index (χ0) is 20.3. The van der Waals surface area contributed by atoms with Gasteiger partial charge in [0.2, 0.25) is 0 Å². The monoisotopic (exact) mass is 392 g/mol. The first-order valence-corrected chi connectivity index (χ1v) is 10.3. The maximum atomic E-state index is 10.9. The zero-order valence-electron chi connectivity index (χ0n) is 16.7. The summed E-state index contributed by atoms with van der Waals surface area (Å²) in [6.45, 7) is 4.87. The Hall–Kier alpha value is -1.79. The normalized spacial score (nSPS) is 30.0. The first-order valence-electron chi connectivity index (χ1n) is 10.3. The largest absolute Gasteiger partial charge is 0.508 e. The summed E-state index contributed by atoms with van der Waals surface area (Å²) in [6.07, 6.45) is 4.77. The Labute approximate surface area is 166 Å². The van der Waals surface area contributed by atoms with Crippen LogP contribution < -0.4 is 4.74 Å². The van der Waals surface area contributed by atoms with E-state index in [2.05, 4.69) is 6.92 Å². The van der Waals surface area contributed by atoms with Crippen LogP contribution in [0.2, 0.25) is 0 Å². The summed E-state index contributed by atoms with van der Waals surface area (Å²) in [5.74, 6) is 0.525. The van der Waals surface area contributed by atoms with Crippen LogP contribution in [0.4, 0.5) is 0 Å². The smallest absolute Gasteiger partial charge is 0.307 e. The molecule has 3 N–H and O–H groups in total. The van der Waals surface area contributed by atoms with E-state index in [1.165, 1.54) is 25.0 Å². The van der Waals surface area contributed by atoms with Crippen LogP contribution >= 0.6 is 0 Å². The van der Waals surface area contributed by atoms with Gasteiger partial charge in [0.15, 0.2) is 6.29 Å². The quantitative estimate of drug-likeness (QED) is 0.641. The Morgan fingerprint density at radius 2 is 2.04 bits per heavy atom. The molecule has 6 heteroatoms. The summed E-state index contributed by atoms with van der Waals surface area (Å²) >= 11 is 0. The Morgan fingerprint density at radius 3 is 2.79 bits per heavy atom. The molecule has 1 saturated carbocycles. The number of carbonyl (C=O) groups is 1. The van der Waals surface area contributed by atoms with Gasteiger partial charge in [-0.05, 0) is 61.6 Å². The number of ether oxygens (including phenoxy) is 2. The van der Waals surface area contributed by atoms with Crippen molar-refractivity contribution in [3.63, 3.8) is 0 Å². The molecule has 6 atom stereocenters. The second-order valence-corrected chi connectivity index (χ2v) is 8.51. The van der Waals surface area contributed by atoms with Gasteiger partial charge < -0.3 is 24.8 Å². The highest BCUT2D eigenvalue weighted by atomic mass is 16.6. The van der Waals surface area contributed by atoms with Gasteiger partial charge in [-0.15, -0.1) is 0 Å². The number of rotatable bonds is 6. The number of carboxylic acid groups (broad SMARTS) is 1. The van der Waals surface area contributed by atoms with E-state index in [4.69, 9.17) is 14.6 Å². The standard InChI is InChI=1S/C22H32O6/c1-13-6-7-16-4-3-5-19(20(16)12-27-13)14(2)22(26)28-18-9-15(10-21(24)25)8-17(23)11-18/h8-9,11,13-14,16,19-20,22-23,26H,3-7,10,12H2,1-2H3,(H,24,25). The van der Waals surface area contributed by atoms with Crippen molar-refractivity contribution in [2.24, 2.45) is 23.7 Å². The number of aliphatic hydroxyl groups is 1. The molecule has 1 heterocycles. The lowest BCUT2D eigenvalue weighted by molar-refractivity contribution is -0.136. The summed E-state index contributed by atoms with van der Waals surface area (Å²) in [6, 6.07) is 4.36. The number of phenolic OH excluding ortho intramolecular Hbond substituents is 1. The number of benzene rings is 1. The zero-order valence-corrected chi connectivity index (χ0v) is 16.7. The summed E-state index contributed by atoms with van der Waals surface area (Å²) in [4.78, 5) is 10.9. The highest BCUT2D eigenvalue weighted by Crippen LogP contribution is 2.44. The molecule has 6 unspecified atom stereocenters. The van der Waals surface area contributed by atoms with E-state index in [0.717, 1.165) is 25.9 Å². The molecule has 28 heavy (non-hydrogen) atoms. The van der Waals surface area contributed by atoms with Gasteiger partial charge in [0.05, 0.1) is 19.1 Å². The molecule has 1 aliphatic carbocycles. The predicted molar refractivity (Wildman–Crippen MR) is 104 cm³/mol. The topological polar surface area (TPSA) is 96.2 Å². The predicted octanol–water partition coefficient (Wildman–Crippen LogP) is 3.58. The lowest BCUT2D eigenvalue weighted by Gasteiger charge is -2.41. The highest BCUT2D eigenvalue weighted by Gasteiger charge is 2.40. The minimum absolute atomic E-state index is 0.0718. The van der Waals surface area contributed by atoms with Crippen molar-refractivity contribution in [3.8, 4) is 11.5 Å². The third-order valence-electron chi connectivity index (χ3n) is 6.47. The van der Waals surface area contributed by atoms with Crippen molar-refractivity contribution < 1.29 is 29.6 Å². The minimum atomic E-state index is -1.02. The molecule has 0 amide bonds. The van der Waals surface area contributed by atoms with Gasteiger partial charge in [-0.3, -0.25) is 4.79 Å². The molecule has 0 bridgehead atoms. The Bertz CT molecular complexity index is 675. The molecule has 3 rings (SSSR count). The van der Waals surface area contributed by atoms with Gasteiger partial charge in [-0.1, -0.05) is 19.8 Å². The first-order chi connectivity index (χ1) is 13.3. The fourth-order valence-electron chi connectivity index (χ4n) is 4.92. The summed E-state index contributed by atoms with van der Waals surface area (Å²) in [7, 11) is 0. The number of aliphatic hydroxyl groups excluding tert-OH is 1. The van der Waals surface area contributed by atoms with Crippen molar-refractivity contribution in [1.82, 2.24) is 0 Å². The molecule has 2 fully saturated rings. The number of carboxylic acids is 1. The van der Waals surface area contributed by atoms with Gasteiger partial charge in [-0.2, -0.15) is 0 Å². The van der Waals surface area contributed by atoms with E-state index in [-0.39, 0.29) is 23.8 Å². The highest BCUT2D eigenvalue weighted by molar-refractivity contribution is 5.70. The van der Waals surface area contributed by atoms with Crippen molar-refractivity contribution in [3.05, 3.63) is 23.8 Å². The number of hydrogen-bond acceptors (Lipinski definition) is 5. The SMILES string of the molecule is CC1CCC2CCCC(C(C)C(O)Oc3cc(O)cc(CC(=O)O)c3)C2CO1. The third-order valence-corrected chi connectivity index (χ3v) is 6.47. The van der Waals surface area contributed by atoms with Gasteiger partial charge in [0.25, 0.3) is 0 Å². The van der Waals surface area contributed by atoms with Gasteiger partial charge >= 0.3 is 5.97 Å². The second kappa shape index (κ2) is 9.14. The van der Waals surface area contributed by atoms with Crippen molar-refractivity contribution >= 4 is 5.97 Å². The third kappa shape index (κ3) is 5.17. The minimum Gasteiger partial charge on any atom is -0.508 e. The van der Waals surface area contributed by atoms with E-state index in [0.29, 0.717) is 29.4 Å². The summed E-state index contributed by atoms with van der Waals surface area (Å²) in [5.41, 5.74) is 0.436. The van der Waals surface area contributed by atoms with Crippen LogP contribution in [0.25, 0.3) is 0 Å². The van der Waals surface area contributed by atoms with E-state index in [9.17, 15) is 15.0 Å². The van der Waals surface area contributed by atoms with Crippen LogP contribution in [-0.4, -0.2) is 40.3 Å². The lowest BCUT2D eigenvalue weighted by atomic mass is 9.66. The Kier molecular flexibility index (Phi) is 6.83. The van der Waals surface area contributed by atoms with Crippen molar-refractivity contribution in [2.75, 3.05) is 6.61 Å². The molecular weight excluding hydrogens is 360 g/mol. The lowest BCUT2D eigenvalue weighted by Crippen LogP contribution is -2.40. The fraction of sp³-hybridized carbons (Fsp3) is 0.682. The van der Waals surface area contributed by atoms with E-state index < -0.39 is 12.3 Å². The molecule has 0 radical (unpaired) electrons. The van der Waals surface area contributed by atoms with Gasteiger partial charge in [0, 0.05) is 12.0 Å². The Morgan fingerprint density at radius 1 is 1.25 bits per heavy atom.